The molecule has 29 heavy (non-hydrogen) atoms. The Morgan fingerprint density at radius 3 is 2.76 bits per heavy atom. The molecule has 0 aliphatic carbocycles. The predicted molar refractivity (Wildman–Crippen MR) is 118 cm³/mol. The molecule has 150 valence electrons. The zero-order valence-electron chi connectivity index (χ0n) is 16.5. The van der Waals surface area contributed by atoms with Crippen molar-refractivity contribution in [2.24, 2.45) is 0 Å². The van der Waals surface area contributed by atoms with Crippen LogP contribution < -0.4 is 15.1 Å². The van der Waals surface area contributed by atoms with Gasteiger partial charge in [0.15, 0.2) is 5.82 Å². The number of aromatic nitrogens is 2. The maximum atomic E-state index is 12.7. The van der Waals surface area contributed by atoms with Crippen LogP contribution in [-0.4, -0.2) is 49.3 Å². The molecule has 3 aromatic rings. The molecule has 2 N–H and O–H groups in total. The van der Waals surface area contributed by atoms with E-state index in [-0.39, 0.29) is 11.9 Å². The molecule has 2 heterocycles. The van der Waals surface area contributed by atoms with Crippen LogP contribution >= 0.6 is 11.6 Å². The Morgan fingerprint density at radius 2 is 2.00 bits per heavy atom. The number of halogens is 1. The van der Waals surface area contributed by atoms with Crippen molar-refractivity contribution in [1.82, 2.24) is 15.5 Å². The van der Waals surface area contributed by atoms with Gasteiger partial charge >= 0.3 is 0 Å². The summed E-state index contributed by atoms with van der Waals surface area (Å²) < 4.78 is 0. The van der Waals surface area contributed by atoms with E-state index in [1.54, 1.807) is 0 Å². The first kappa shape index (κ1) is 19.3. The third-order valence-corrected chi connectivity index (χ3v) is 5.44. The van der Waals surface area contributed by atoms with Crippen LogP contribution in [0.15, 0.2) is 54.6 Å². The third kappa shape index (κ3) is 4.38. The SMILES string of the molecule is CN(C)c1cccc(C(=O)NC2CCN(c3cc(-c4ccc(Cl)cc4)[nH]n3)C2)c1. The van der Waals surface area contributed by atoms with Crippen LogP contribution in [0.1, 0.15) is 16.8 Å². The summed E-state index contributed by atoms with van der Waals surface area (Å²) in [6.45, 7) is 1.59. The molecule has 1 amide bonds. The second kappa shape index (κ2) is 8.17. The van der Waals surface area contributed by atoms with E-state index in [0.717, 1.165) is 42.3 Å². The lowest BCUT2D eigenvalue weighted by molar-refractivity contribution is 0.0940. The van der Waals surface area contributed by atoms with Crippen LogP contribution in [0, 0.1) is 0 Å². The van der Waals surface area contributed by atoms with Crippen molar-refractivity contribution in [3.63, 3.8) is 0 Å². The number of nitrogens with zero attached hydrogens (tertiary/aromatic N) is 3. The second-order valence-corrected chi connectivity index (χ2v) is 7.93. The lowest BCUT2D eigenvalue weighted by Gasteiger charge is -2.17. The van der Waals surface area contributed by atoms with E-state index in [9.17, 15) is 4.79 Å². The Kier molecular flexibility index (Phi) is 5.45. The topological polar surface area (TPSA) is 64.3 Å². The van der Waals surface area contributed by atoms with Gasteiger partial charge < -0.3 is 15.1 Å². The number of carbonyl (C=O) groups is 1. The largest absolute Gasteiger partial charge is 0.378 e. The number of carbonyl (C=O) groups excluding carboxylic acids is 1. The van der Waals surface area contributed by atoms with Crippen LogP contribution in [0.2, 0.25) is 5.02 Å². The minimum absolute atomic E-state index is 0.0376. The fraction of sp³-hybridized carbons (Fsp3) is 0.273. The second-order valence-electron chi connectivity index (χ2n) is 7.50. The van der Waals surface area contributed by atoms with Crippen molar-refractivity contribution < 1.29 is 4.79 Å². The molecule has 0 saturated carbocycles. The summed E-state index contributed by atoms with van der Waals surface area (Å²) in [6, 6.07) is 17.5. The summed E-state index contributed by atoms with van der Waals surface area (Å²) in [7, 11) is 3.93. The molecule has 0 spiro atoms. The molecule has 1 fully saturated rings. The number of anilines is 2. The number of hydrogen-bond donors (Lipinski definition) is 2. The monoisotopic (exact) mass is 409 g/mol. The van der Waals surface area contributed by atoms with Crippen LogP contribution in [0.4, 0.5) is 11.5 Å². The molecule has 1 aliphatic heterocycles. The van der Waals surface area contributed by atoms with Crippen molar-refractivity contribution in [3.8, 4) is 11.3 Å². The van der Waals surface area contributed by atoms with Gasteiger partial charge in [-0.25, -0.2) is 0 Å². The molecule has 2 aromatic carbocycles. The lowest BCUT2D eigenvalue weighted by atomic mass is 10.1. The van der Waals surface area contributed by atoms with Gasteiger partial charge in [0.25, 0.3) is 5.91 Å². The predicted octanol–water partition coefficient (Wildman–Crippen LogP) is 3.80. The summed E-state index contributed by atoms with van der Waals surface area (Å²) in [5, 5.41) is 11.4. The van der Waals surface area contributed by atoms with E-state index < -0.39 is 0 Å². The summed E-state index contributed by atoms with van der Waals surface area (Å²) in [5.41, 5.74) is 3.68. The van der Waals surface area contributed by atoms with Crippen LogP contribution in [0.5, 0.6) is 0 Å². The van der Waals surface area contributed by atoms with Crippen LogP contribution in [0.3, 0.4) is 0 Å². The first-order valence-corrected chi connectivity index (χ1v) is 10.0. The van der Waals surface area contributed by atoms with Gasteiger partial charge in [-0.05, 0) is 42.3 Å². The van der Waals surface area contributed by atoms with E-state index in [1.165, 1.54) is 0 Å². The Balaban J connectivity index is 1.39. The van der Waals surface area contributed by atoms with Gasteiger partial charge in [0, 0.05) is 55.6 Å². The first-order valence-electron chi connectivity index (χ1n) is 9.64. The number of aromatic amines is 1. The number of hydrogen-bond acceptors (Lipinski definition) is 4. The number of amides is 1. The maximum Gasteiger partial charge on any atom is 0.251 e. The van der Waals surface area contributed by atoms with Gasteiger partial charge in [0.2, 0.25) is 0 Å². The molecule has 0 bridgehead atoms. The highest BCUT2D eigenvalue weighted by Gasteiger charge is 2.26. The van der Waals surface area contributed by atoms with Crippen molar-refractivity contribution in [2.45, 2.75) is 12.5 Å². The zero-order valence-corrected chi connectivity index (χ0v) is 17.3. The van der Waals surface area contributed by atoms with Crippen molar-refractivity contribution in [1.29, 1.82) is 0 Å². The Labute approximate surface area is 175 Å². The van der Waals surface area contributed by atoms with E-state index in [2.05, 4.69) is 20.4 Å². The average Bonchev–Trinajstić information content (AvgIpc) is 3.38. The van der Waals surface area contributed by atoms with Gasteiger partial charge in [-0.3, -0.25) is 9.89 Å². The molecule has 6 nitrogen and oxygen atoms in total. The van der Waals surface area contributed by atoms with Gasteiger partial charge in [-0.1, -0.05) is 29.8 Å². The molecule has 1 atom stereocenters. The van der Waals surface area contributed by atoms with Crippen molar-refractivity contribution >= 4 is 29.0 Å². The highest BCUT2D eigenvalue weighted by Crippen LogP contribution is 2.25. The Morgan fingerprint density at radius 1 is 1.21 bits per heavy atom. The summed E-state index contributed by atoms with van der Waals surface area (Å²) in [6.07, 6.45) is 0.891. The fourth-order valence-electron chi connectivity index (χ4n) is 3.53. The quantitative estimate of drug-likeness (QED) is 0.672. The minimum atomic E-state index is -0.0376. The summed E-state index contributed by atoms with van der Waals surface area (Å²) >= 11 is 5.96. The number of nitrogens with one attached hydrogen (secondary N) is 2. The van der Waals surface area contributed by atoms with E-state index >= 15 is 0 Å². The van der Waals surface area contributed by atoms with Gasteiger partial charge in [-0.15, -0.1) is 0 Å². The lowest BCUT2D eigenvalue weighted by Crippen LogP contribution is -2.37. The van der Waals surface area contributed by atoms with Gasteiger partial charge in [0.05, 0.1) is 5.69 Å². The molecular weight excluding hydrogens is 386 g/mol. The molecule has 1 aromatic heterocycles. The highest BCUT2D eigenvalue weighted by molar-refractivity contribution is 6.30. The third-order valence-electron chi connectivity index (χ3n) is 5.19. The molecule has 0 radical (unpaired) electrons. The fourth-order valence-corrected chi connectivity index (χ4v) is 3.66. The van der Waals surface area contributed by atoms with E-state index in [1.807, 2.05) is 73.6 Å². The Hall–Kier alpha value is -2.99. The zero-order chi connectivity index (χ0) is 20.4. The molecule has 1 unspecified atom stereocenters. The molecule has 4 rings (SSSR count). The van der Waals surface area contributed by atoms with Crippen molar-refractivity contribution in [2.75, 3.05) is 37.0 Å². The summed E-state index contributed by atoms with van der Waals surface area (Å²) in [5.74, 6) is 0.853. The molecule has 7 heteroatoms. The first-order chi connectivity index (χ1) is 14.0. The Bertz CT molecular complexity index is 998. The standard InChI is InChI=1S/C22H24ClN5O/c1-27(2)19-5-3-4-16(12-19)22(29)24-18-10-11-28(14-18)21-13-20(25-26-21)15-6-8-17(23)9-7-15/h3-9,12-13,18H,10-11,14H2,1-2H3,(H,24,29)(H,25,26). The smallest absolute Gasteiger partial charge is 0.251 e. The van der Waals surface area contributed by atoms with Gasteiger partial charge in [0.1, 0.15) is 0 Å². The number of benzene rings is 2. The van der Waals surface area contributed by atoms with Crippen LogP contribution in [-0.2, 0) is 0 Å². The van der Waals surface area contributed by atoms with Crippen molar-refractivity contribution in [3.05, 3.63) is 65.2 Å². The number of rotatable bonds is 5. The van der Waals surface area contributed by atoms with Crippen LogP contribution in [0.25, 0.3) is 11.3 Å². The highest BCUT2D eigenvalue weighted by atomic mass is 35.5. The minimum Gasteiger partial charge on any atom is -0.378 e. The average molecular weight is 410 g/mol. The molecule has 1 aliphatic rings. The van der Waals surface area contributed by atoms with Gasteiger partial charge in [-0.2, -0.15) is 5.10 Å². The molecular formula is C22H24ClN5O. The maximum absolute atomic E-state index is 12.7. The normalized spacial score (nSPS) is 16.1. The summed E-state index contributed by atoms with van der Waals surface area (Å²) in [4.78, 5) is 16.8. The number of H-pyrrole nitrogens is 1. The van der Waals surface area contributed by atoms with E-state index in [0.29, 0.717) is 10.6 Å². The molecule has 1 saturated heterocycles. The van der Waals surface area contributed by atoms with E-state index in [4.69, 9.17) is 11.6 Å².